The fourth-order valence-corrected chi connectivity index (χ4v) is 6.45. The number of ether oxygens (including phenoxy) is 2. The van der Waals surface area contributed by atoms with E-state index in [1.165, 1.54) is 4.90 Å². The smallest absolute Gasteiger partial charge is 0.409 e. The Balaban J connectivity index is 1.21. The fraction of sp³-hybridized carbons (Fsp3) is 0.357. The molecule has 1 saturated heterocycles. The molecule has 0 N–H and O–H groups in total. The van der Waals surface area contributed by atoms with E-state index in [2.05, 4.69) is 15.8 Å². The lowest BCUT2D eigenvalue weighted by atomic mass is 9.82. The Morgan fingerprint density at radius 3 is 2.56 bits per heavy atom. The number of amides is 1. The molecule has 0 atom stereocenters. The van der Waals surface area contributed by atoms with Crippen molar-refractivity contribution in [2.75, 3.05) is 20.1 Å². The zero-order valence-corrected chi connectivity index (χ0v) is 20.7. The van der Waals surface area contributed by atoms with E-state index >= 15 is 0 Å². The van der Waals surface area contributed by atoms with E-state index in [-0.39, 0.29) is 17.1 Å². The molecule has 36 heavy (non-hydrogen) atoms. The standard InChI is InChI=1S/C28H30N2O5S/c1-34-27(31)30-16-13-28(14-17-30)12-11-24-18-23(9-10-26(24)35-28)22-7-5-21(6-8-22)19-36(32,33)20-25-4-2-3-15-29-25/h2-10,15,18H,11-14,16-17,19-20H2,1H3/i1D3. The molecule has 3 heterocycles. The summed E-state index contributed by atoms with van der Waals surface area (Å²) in [5, 5.41) is 0. The van der Waals surface area contributed by atoms with Gasteiger partial charge in [0.15, 0.2) is 9.84 Å². The molecule has 0 saturated carbocycles. The number of benzene rings is 2. The molecule has 2 aromatic carbocycles. The average molecular weight is 510 g/mol. The molecule has 7 nitrogen and oxygen atoms in total. The number of aromatic nitrogens is 1. The molecule has 1 aromatic heterocycles. The van der Waals surface area contributed by atoms with Crippen LogP contribution in [0, 0.1) is 0 Å². The van der Waals surface area contributed by atoms with Crippen molar-refractivity contribution in [1.29, 1.82) is 0 Å². The van der Waals surface area contributed by atoms with Crippen molar-refractivity contribution in [1.82, 2.24) is 9.88 Å². The summed E-state index contributed by atoms with van der Waals surface area (Å²) in [7, 11) is -6.09. The first kappa shape index (κ1) is 20.8. The highest BCUT2D eigenvalue weighted by molar-refractivity contribution is 7.89. The second-order valence-electron chi connectivity index (χ2n) is 9.51. The van der Waals surface area contributed by atoms with Crippen LogP contribution in [0.2, 0.25) is 0 Å². The third-order valence-corrected chi connectivity index (χ3v) is 8.53. The number of pyridine rings is 1. The van der Waals surface area contributed by atoms with Gasteiger partial charge in [-0.1, -0.05) is 36.4 Å². The Bertz CT molecular complexity index is 1440. The summed E-state index contributed by atoms with van der Waals surface area (Å²) in [5.74, 6) is 0.683. The Labute approximate surface area is 216 Å². The first-order valence-corrected chi connectivity index (χ1v) is 13.8. The quantitative estimate of drug-likeness (QED) is 0.492. The maximum absolute atomic E-state index is 12.6. The van der Waals surface area contributed by atoms with Gasteiger partial charge in [-0.05, 0) is 59.4 Å². The van der Waals surface area contributed by atoms with Gasteiger partial charge in [0.05, 0.1) is 28.3 Å². The van der Waals surface area contributed by atoms with Crippen molar-refractivity contribution >= 4 is 15.9 Å². The van der Waals surface area contributed by atoms with Crippen molar-refractivity contribution < 1.29 is 26.8 Å². The highest BCUT2D eigenvalue weighted by Crippen LogP contribution is 2.41. The number of nitrogens with zero attached hydrogens (tertiary/aromatic N) is 2. The van der Waals surface area contributed by atoms with Crippen LogP contribution in [0.15, 0.2) is 66.9 Å². The van der Waals surface area contributed by atoms with Gasteiger partial charge in [-0.2, -0.15) is 0 Å². The Hall–Kier alpha value is -3.39. The molecule has 1 fully saturated rings. The van der Waals surface area contributed by atoms with Crippen molar-refractivity contribution in [3.05, 3.63) is 83.7 Å². The van der Waals surface area contributed by atoms with Gasteiger partial charge in [0.25, 0.3) is 0 Å². The molecule has 2 aliphatic heterocycles. The normalized spacial score (nSPS) is 18.3. The molecule has 0 bridgehead atoms. The van der Waals surface area contributed by atoms with Crippen LogP contribution < -0.4 is 4.74 Å². The summed E-state index contributed by atoms with van der Waals surface area (Å²) in [6.45, 7) is 0.762. The first-order chi connectivity index (χ1) is 18.5. The number of carbonyl (C=O) groups is 1. The van der Waals surface area contributed by atoms with Crippen LogP contribution in [-0.4, -0.2) is 50.1 Å². The predicted molar refractivity (Wildman–Crippen MR) is 137 cm³/mol. The van der Waals surface area contributed by atoms with Gasteiger partial charge < -0.3 is 14.4 Å². The lowest BCUT2D eigenvalue weighted by molar-refractivity contribution is -0.0122. The number of carbonyl (C=O) groups excluding carboxylic acids is 1. The van der Waals surface area contributed by atoms with E-state index in [9.17, 15) is 13.2 Å². The number of rotatable bonds is 5. The van der Waals surface area contributed by atoms with Gasteiger partial charge in [0, 0.05) is 32.1 Å². The minimum Gasteiger partial charge on any atom is -0.487 e. The molecule has 8 heteroatoms. The summed E-state index contributed by atoms with van der Waals surface area (Å²) in [6.07, 6.45) is 3.62. The molecule has 0 unspecified atom stereocenters. The van der Waals surface area contributed by atoms with Crippen LogP contribution in [0.5, 0.6) is 5.75 Å². The van der Waals surface area contributed by atoms with Gasteiger partial charge in [0.1, 0.15) is 11.4 Å². The number of sulfone groups is 1. The summed E-state index contributed by atoms with van der Waals surface area (Å²) in [5.41, 5.74) is 4.00. The van der Waals surface area contributed by atoms with Crippen molar-refractivity contribution in [3.63, 3.8) is 0 Å². The highest BCUT2D eigenvalue weighted by Gasteiger charge is 2.40. The van der Waals surface area contributed by atoms with Crippen LogP contribution in [0.4, 0.5) is 4.79 Å². The van der Waals surface area contributed by atoms with Crippen LogP contribution in [0.25, 0.3) is 11.1 Å². The van der Waals surface area contributed by atoms with E-state index in [4.69, 9.17) is 8.85 Å². The lowest BCUT2D eigenvalue weighted by Crippen LogP contribution is -2.51. The minimum atomic E-state index is -3.34. The molecule has 5 rings (SSSR count). The van der Waals surface area contributed by atoms with E-state index in [0.717, 1.165) is 40.8 Å². The Kier molecular flexibility index (Phi) is 5.73. The van der Waals surface area contributed by atoms with E-state index < -0.39 is 23.0 Å². The summed E-state index contributed by atoms with van der Waals surface area (Å²) < 4.78 is 57.6. The third-order valence-electron chi connectivity index (χ3n) is 7.02. The zero-order valence-electron chi connectivity index (χ0n) is 22.9. The number of hydrogen-bond acceptors (Lipinski definition) is 6. The van der Waals surface area contributed by atoms with Crippen molar-refractivity contribution in [2.45, 2.75) is 42.8 Å². The molecular formula is C28H30N2O5S. The first-order valence-electron chi connectivity index (χ1n) is 13.5. The second kappa shape index (κ2) is 9.93. The molecular weight excluding hydrogens is 476 g/mol. The number of likely N-dealkylation sites (tertiary alicyclic amines) is 1. The van der Waals surface area contributed by atoms with Crippen LogP contribution >= 0.6 is 0 Å². The number of fused-ring (bicyclic) bond motifs is 1. The van der Waals surface area contributed by atoms with Crippen LogP contribution in [-0.2, 0) is 32.5 Å². The van der Waals surface area contributed by atoms with Gasteiger partial charge >= 0.3 is 6.09 Å². The Morgan fingerprint density at radius 1 is 1.06 bits per heavy atom. The van der Waals surface area contributed by atoms with E-state index in [1.807, 2.05) is 36.4 Å². The van der Waals surface area contributed by atoms with Gasteiger partial charge in [-0.3, -0.25) is 4.98 Å². The molecule has 3 aromatic rings. The zero-order chi connectivity index (χ0) is 27.7. The van der Waals surface area contributed by atoms with Gasteiger partial charge in [-0.15, -0.1) is 0 Å². The molecule has 0 aliphatic carbocycles. The van der Waals surface area contributed by atoms with Crippen molar-refractivity contribution in [2.24, 2.45) is 0 Å². The Morgan fingerprint density at radius 2 is 1.83 bits per heavy atom. The second-order valence-corrected chi connectivity index (χ2v) is 11.6. The predicted octanol–water partition coefficient (Wildman–Crippen LogP) is 4.79. The number of piperidine rings is 1. The highest BCUT2D eigenvalue weighted by atomic mass is 32.2. The van der Waals surface area contributed by atoms with Crippen LogP contribution in [0.1, 0.15) is 40.2 Å². The van der Waals surface area contributed by atoms with E-state index in [1.54, 1.807) is 24.4 Å². The SMILES string of the molecule is [2H]C([2H])([2H])OC(=O)N1CCC2(CCc3cc(-c4ccc(CS(=O)(=O)Cc5ccccn5)cc4)ccc3O2)CC1. The van der Waals surface area contributed by atoms with Crippen LogP contribution in [0.3, 0.4) is 0 Å². The van der Waals surface area contributed by atoms with E-state index in [0.29, 0.717) is 31.6 Å². The van der Waals surface area contributed by atoms with Gasteiger partial charge in [0.2, 0.25) is 0 Å². The summed E-state index contributed by atoms with van der Waals surface area (Å²) in [4.78, 5) is 17.6. The van der Waals surface area contributed by atoms with Crippen molar-refractivity contribution in [3.8, 4) is 16.9 Å². The summed E-state index contributed by atoms with van der Waals surface area (Å²) in [6, 6.07) is 18.9. The molecule has 1 amide bonds. The number of hydrogen-bond donors (Lipinski definition) is 0. The lowest BCUT2D eigenvalue weighted by Gasteiger charge is -2.44. The van der Waals surface area contributed by atoms with Gasteiger partial charge in [-0.25, -0.2) is 13.2 Å². The largest absolute Gasteiger partial charge is 0.487 e. The monoisotopic (exact) mass is 509 g/mol. The molecule has 2 aliphatic rings. The molecule has 1 spiro atoms. The molecule has 0 radical (unpaired) electrons. The summed E-state index contributed by atoms with van der Waals surface area (Å²) >= 11 is 0. The maximum Gasteiger partial charge on any atom is 0.409 e. The topological polar surface area (TPSA) is 85.8 Å². The molecule has 188 valence electrons. The third kappa shape index (κ3) is 5.38. The maximum atomic E-state index is 12.6. The number of aryl methyl sites for hydroxylation is 1. The fourth-order valence-electron chi connectivity index (χ4n) is 5.02. The average Bonchev–Trinajstić information content (AvgIpc) is 2.88. The number of methoxy groups -OCH3 is 1. The minimum absolute atomic E-state index is 0.0463.